The zero-order valence-corrected chi connectivity index (χ0v) is 5.69. The van der Waals surface area contributed by atoms with Gasteiger partial charge in [-0.25, -0.2) is 4.79 Å². The van der Waals surface area contributed by atoms with Crippen LogP contribution < -0.4 is 11.2 Å². The van der Waals surface area contributed by atoms with Gasteiger partial charge in [0.2, 0.25) is 0 Å². The van der Waals surface area contributed by atoms with E-state index in [4.69, 9.17) is 5.73 Å². The quantitative estimate of drug-likeness (QED) is 0.494. The number of urea groups is 1. The standard InChI is InChI=1S/C5H7N5O/c6-4(11)10-3-5(9-10)1-2-7-8-5/h1-2,9H,3H2,(H2,6,11). The molecule has 2 rings (SSSR count). The van der Waals surface area contributed by atoms with Crippen molar-refractivity contribution in [1.29, 1.82) is 0 Å². The Hall–Kier alpha value is -1.43. The summed E-state index contributed by atoms with van der Waals surface area (Å²) in [4.78, 5) is 10.5. The van der Waals surface area contributed by atoms with Crippen LogP contribution in [0.15, 0.2) is 22.5 Å². The molecule has 58 valence electrons. The molecule has 2 aliphatic rings. The van der Waals surface area contributed by atoms with Crippen molar-refractivity contribution in [2.45, 2.75) is 5.66 Å². The number of azo groups is 1. The van der Waals surface area contributed by atoms with Crippen LogP contribution in [0, 0.1) is 0 Å². The van der Waals surface area contributed by atoms with Gasteiger partial charge < -0.3 is 5.73 Å². The fraction of sp³-hybridized carbons (Fsp3) is 0.400. The molecule has 3 N–H and O–H groups in total. The third-order valence-corrected chi connectivity index (χ3v) is 1.65. The van der Waals surface area contributed by atoms with Crippen LogP contribution in [0.25, 0.3) is 0 Å². The first kappa shape index (κ1) is 6.29. The normalized spacial score (nSPS) is 32.9. The maximum atomic E-state index is 10.5. The number of nitrogens with zero attached hydrogens (tertiary/aromatic N) is 3. The van der Waals surface area contributed by atoms with Crippen molar-refractivity contribution in [1.82, 2.24) is 10.4 Å². The Kier molecular flexibility index (Phi) is 1.02. The predicted molar refractivity (Wildman–Crippen MR) is 36.2 cm³/mol. The van der Waals surface area contributed by atoms with Crippen LogP contribution in [0.4, 0.5) is 4.79 Å². The number of carbonyl (C=O) groups excluding carboxylic acids is 1. The molecule has 0 bridgehead atoms. The van der Waals surface area contributed by atoms with Gasteiger partial charge in [-0.3, -0.25) is 5.01 Å². The highest BCUT2D eigenvalue weighted by Crippen LogP contribution is 2.24. The molecule has 0 aromatic carbocycles. The molecule has 0 aliphatic carbocycles. The van der Waals surface area contributed by atoms with E-state index in [1.807, 2.05) is 0 Å². The van der Waals surface area contributed by atoms with Crippen LogP contribution in [0.2, 0.25) is 0 Å². The second-order valence-corrected chi connectivity index (χ2v) is 2.49. The Bertz CT molecular complexity index is 238. The zero-order valence-electron chi connectivity index (χ0n) is 5.69. The van der Waals surface area contributed by atoms with Crippen molar-refractivity contribution in [3.63, 3.8) is 0 Å². The second-order valence-electron chi connectivity index (χ2n) is 2.49. The highest BCUT2D eigenvalue weighted by Gasteiger charge is 2.44. The van der Waals surface area contributed by atoms with Crippen LogP contribution in [-0.4, -0.2) is 23.2 Å². The molecule has 1 saturated heterocycles. The van der Waals surface area contributed by atoms with Gasteiger partial charge in [-0.05, 0) is 6.08 Å². The second kappa shape index (κ2) is 1.79. The molecule has 2 aliphatic heterocycles. The Morgan fingerprint density at radius 3 is 3.00 bits per heavy atom. The van der Waals surface area contributed by atoms with Crippen molar-refractivity contribution < 1.29 is 4.79 Å². The number of nitrogens with one attached hydrogen (secondary N) is 1. The fourth-order valence-electron chi connectivity index (χ4n) is 1.06. The maximum absolute atomic E-state index is 10.5. The van der Waals surface area contributed by atoms with Gasteiger partial charge in [-0.2, -0.15) is 15.7 Å². The van der Waals surface area contributed by atoms with Crippen LogP contribution in [-0.2, 0) is 0 Å². The van der Waals surface area contributed by atoms with E-state index >= 15 is 0 Å². The zero-order chi connectivity index (χ0) is 7.90. The monoisotopic (exact) mass is 153 g/mol. The summed E-state index contributed by atoms with van der Waals surface area (Å²) in [6, 6.07) is -0.494. The van der Waals surface area contributed by atoms with Gasteiger partial charge in [0, 0.05) is 6.20 Å². The molecule has 6 heteroatoms. The van der Waals surface area contributed by atoms with Crippen molar-refractivity contribution >= 4 is 6.03 Å². The molecule has 2 heterocycles. The molecule has 11 heavy (non-hydrogen) atoms. The van der Waals surface area contributed by atoms with Gasteiger partial charge in [0.1, 0.15) is 0 Å². The number of hydrogen-bond donors (Lipinski definition) is 2. The van der Waals surface area contributed by atoms with E-state index in [1.165, 1.54) is 5.01 Å². The molecule has 6 nitrogen and oxygen atoms in total. The van der Waals surface area contributed by atoms with Gasteiger partial charge in [0.05, 0.1) is 6.54 Å². The lowest BCUT2D eigenvalue weighted by Crippen LogP contribution is -2.71. The molecule has 0 radical (unpaired) electrons. The largest absolute Gasteiger partial charge is 0.350 e. The Labute approximate surface area is 62.7 Å². The van der Waals surface area contributed by atoms with Gasteiger partial charge in [-0.1, -0.05) is 0 Å². The smallest absolute Gasteiger partial charge is 0.329 e. The Morgan fingerprint density at radius 2 is 2.55 bits per heavy atom. The van der Waals surface area contributed by atoms with Crippen molar-refractivity contribution in [2.75, 3.05) is 6.54 Å². The predicted octanol–water partition coefficient (Wildman–Crippen LogP) is -0.439. The number of hydrogen-bond acceptors (Lipinski definition) is 4. The topological polar surface area (TPSA) is 83.1 Å². The number of amides is 2. The summed E-state index contributed by atoms with van der Waals surface area (Å²) >= 11 is 0. The summed E-state index contributed by atoms with van der Waals surface area (Å²) in [7, 11) is 0. The number of carbonyl (C=O) groups is 1. The van der Waals surface area contributed by atoms with Crippen LogP contribution >= 0.6 is 0 Å². The van der Waals surface area contributed by atoms with Crippen LogP contribution in [0.5, 0.6) is 0 Å². The molecule has 1 atom stereocenters. The number of primary amides is 1. The highest BCUT2D eigenvalue weighted by atomic mass is 16.2. The molecule has 1 unspecified atom stereocenters. The lowest BCUT2D eigenvalue weighted by molar-refractivity contribution is 0.0420. The first-order valence-corrected chi connectivity index (χ1v) is 3.16. The maximum Gasteiger partial charge on any atom is 0.329 e. The van der Waals surface area contributed by atoms with E-state index < -0.39 is 11.7 Å². The summed E-state index contributed by atoms with van der Waals surface area (Å²) < 4.78 is 0. The van der Waals surface area contributed by atoms with Gasteiger partial charge in [-0.15, -0.1) is 0 Å². The highest BCUT2D eigenvalue weighted by molar-refractivity contribution is 5.72. The minimum Gasteiger partial charge on any atom is -0.350 e. The average molecular weight is 153 g/mol. The summed E-state index contributed by atoms with van der Waals surface area (Å²) in [6.45, 7) is 0.461. The Morgan fingerprint density at radius 1 is 1.82 bits per heavy atom. The van der Waals surface area contributed by atoms with Crippen LogP contribution in [0.3, 0.4) is 0 Å². The number of rotatable bonds is 0. The van der Waals surface area contributed by atoms with Gasteiger partial charge in [0.25, 0.3) is 0 Å². The van der Waals surface area contributed by atoms with Crippen molar-refractivity contribution in [3.8, 4) is 0 Å². The third-order valence-electron chi connectivity index (χ3n) is 1.65. The van der Waals surface area contributed by atoms with Crippen molar-refractivity contribution in [2.24, 2.45) is 16.0 Å². The average Bonchev–Trinajstić information content (AvgIpc) is 2.29. The van der Waals surface area contributed by atoms with Crippen LogP contribution in [0.1, 0.15) is 0 Å². The van der Waals surface area contributed by atoms with E-state index in [0.29, 0.717) is 6.54 Å². The number of hydrazine groups is 1. The van der Waals surface area contributed by atoms with Gasteiger partial charge in [0.15, 0.2) is 5.66 Å². The lowest BCUT2D eigenvalue weighted by Gasteiger charge is -2.43. The molecular formula is C5H7N5O. The van der Waals surface area contributed by atoms with Crippen molar-refractivity contribution in [3.05, 3.63) is 12.3 Å². The molecule has 0 aromatic heterocycles. The molecule has 1 fully saturated rings. The lowest BCUT2D eigenvalue weighted by atomic mass is 10.1. The fourth-order valence-corrected chi connectivity index (χ4v) is 1.06. The first-order valence-electron chi connectivity index (χ1n) is 3.16. The Balaban J connectivity index is 2.02. The van der Waals surface area contributed by atoms with E-state index in [0.717, 1.165) is 0 Å². The van der Waals surface area contributed by atoms with E-state index in [2.05, 4.69) is 15.7 Å². The van der Waals surface area contributed by atoms with E-state index in [-0.39, 0.29) is 0 Å². The summed E-state index contributed by atoms with van der Waals surface area (Å²) in [5, 5.41) is 8.80. The summed E-state index contributed by atoms with van der Waals surface area (Å²) in [5.74, 6) is 0. The molecular weight excluding hydrogens is 146 g/mol. The van der Waals surface area contributed by atoms with E-state index in [9.17, 15) is 4.79 Å². The molecule has 1 spiro atoms. The molecule has 0 saturated carbocycles. The number of nitrogens with two attached hydrogens (primary N) is 1. The SMILES string of the molecule is NC(=O)N1CC2(C=CN=N2)N1. The molecule has 0 aromatic rings. The summed E-state index contributed by atoms with van der Waals surface area (Å²) in [5.41, 5.74) is 7.27. The van der Waals surface area contributed by atoms with E-state index in [1.54, 1.807) is 12.3 Å². The molecule has 2 amide bonds. The minimum atomic E-state index is -0.494. The van der Waals surface area contributed by atoms with Gasteiger partial charge >= 0.3 is 6.03 Å². The minimum absolute atomic E-state index is 0.461. The first-order chi connectivity index (χ1) is 5.22. The summed E-state index contributed by atoms with van der Waals surface area (Å²) in [6.07, 6.45) is 3.37. The third kappa shape index (κ3) is 0.795.